The number of carbonyl (C=O) groups excluding carboxylic acids is 1. The van der Waals surface area contributed by atoms with Gasteiger partial charge in [0, 0.05) is 18.4 Å². The molecule has 126 valence electrons. The third kappa shape index (κ3) is 4.19. The van der Waals surface area contributed by atoms with Crippen LogP contribution in [0, 0.1) is 11.3 Å². The summed E-state index contributed by atoms with van der Waals surface area (Å²) in [6.07, 6.45) is 3.68. The van der Waals surface area contributed by atoms with Crippen molar-refractivity contribution in [2.24, 2.45) is 0 Å². The van der Waals surface area contributed by atoms with Gasteiger partial charge in [-0.2, -0.15) is 10.4 Å². The van der Waals surface area contributed by atoms with Crippen LogP contribution >= 0.6 is 0 Å². The molecule has 6 heteroatoms. The molecule has 0 unspecified atom stereocenters. The Labute approximate surface area is 140 Å². The molecule has 0 aliphatic heterocycles. The Kier molecular flexibility index (Phi) is 6.50. The summed E-state index contributed by atoms with van der Waals surface area (Å²) in [7, 11) is 0. The smallest absolute Gasteiger partial charge is 0.359 e. The summed E-state index contributed by atoms with van der Waals surface area (Å²) in [4.78, 5) is 24.8. The number of nitrogens with zero attached hydrogens (tertiary/aromatic N) is 3. The maximum absolute atomic E-state index is 12.5. The van der Waals surface area contributed by atoms with Gasteiger partial charge in [0.05, 0.1) is 18.1 Å². The van der Waals surface area contributed by atoms with Crippen LogP contribution in [0.25, 0.3) is 10.8 Å². The fraction of sp³-hybridized carbons (Fsp3) is 0.444. The minimum Gasteiger partial charge on any atom is -0.461 e. The largest absolute Gasteiger partial charge is 0.461 e. The quantitative estimate of drug-likeness (QED) is 0.549. The van der Waals surface area contributed by atoms with Gasteiger partial charge in [0.2, 0.25) is 0 Å². The Morgan fingerprint density at radius 1 is 1.25 bits per heavy atom. The normalized spacial score (nSPS) is 10.5. The molecule has 0 saturated heterocycles. The monoisotopic (exact) mass is 327 g/mol. The zero-order valence-corrected chi connectivity index (χ0v) is 13.8. The highest BCUT2D eigenvalue weighted by Crippen LogP contribution is 2.14. The molecule has 1 heterocycles. The maximum Gasteiger partial charge on any atom is 0.359 e. The van der Waals surface area contributed by atoms with Gasteiger partial charge in [-0.1, -0.05) is 38.0 Å². The van der Waals surface area contributed by atoms with Crippen LogP contribution in [0.4, 0.5) is 0 Å². The van der Waals surface area contributed by atoms with E-state index in [4.69, 9.17) is 10.00 Å². The maximum atomic E-state index is 12.5. The fourth-order valence-corrected chi connectivity index (χ4v) is 2.43. The number of aromatic nitrogens is 2. The average molecular weight is 327 g/mol. The number of hydrogen-bond acceptors (Lipinski definition) is 5. The Bertz CT molecular complexity index is 805. The zero-order chi connectivity index (χ0) is 17.4. The highest BCUT2D eigenvalue weighted by atomic mass is 16.5. The van der Waals surface area contributed by atoms with Crippen molar-refractivity contribution in [3.05, 3.63) is 40.3 Å². The third-order valence-corrected chi connectivity index (χ3v) is 3.70. The topological polar surface area (TPSA) is 85.0 Å². The number of benzene rings is 1. The minimum atomic E-state index is -0.562. The number of ether oxygens (including phenoxy) is 1. The van der Waals surface area contributed by atoms with Crippen molar-refractivity contribution in [2.75, 3.05) is 6.61 Å². The van der Waals surface area contributed by atoms with Gasteiger partial charge in [-0.15, -0.1) is 0 Å². The minimum absolute atomic E-state index is 0.152. The van der Waals surface area contributed by atoms with Crippen molar-refractivity contribution in [1.82, 2.24) is 9.78 Å². The van der Waals surface area contributed by atoms with E-state index in [0.29, 0.717) is 30.2 Å². The van der Waals surface area contributed by atoms with Crippen LogP contribution in [-0.2, 0) is 11.3 Å². The fourth-order valence-electron chi connectivity index (χ4n) is 2.43. The van der Waals surface area contributed by atoms with Gasteiger partial charge in [-0.05, 0) is 18.9 Å². The summed E-state index contributed by atoms with van der Waals surface area (Å²) in [5.74, 6) is -0.562. The lowest BCUT2D eigenvalue weighted by atomic mass is 10.1. The summed E-state index contributed by atoms with van der Waals surface area (Å²) >= 11 is 0. The van der Waals surface area contributed by atoms with E-state index < -0.39 is 5.97 Å². The van der Waals surface area contributed by atoms with Crippen molar-refractivity contribution in [3.8, 4) is 6.07 Å². The summed E-state index contributed by atoms with van der Waals surface area (Å²) in [5.41, 5.74) is -0.0404. The first kappa shape index (κ1) is 17.7. The second kappa shape index (κ2) is 8.82. The lowest BCUT2D eigenvalue weighted by Gasteiger charge is -2.10. The first-order valence-electron chi connectivity index (χ1n) is 8.23. The number of hydrogen-bond donors (Lipinski definition) is 0. The molecule has 0 aliphatic rings. The molecule has 0 N–H and O–H groups in total. The summed E-state index contributed by atoms with van der Waals surface area (Å²) in [5, 5.41) is 13.7. The van der Waals surface area contributed by atoms with Gasteiger partial charge in [-0.25, -0.2) is 9.48 Å². The van der Waals surface area contributed by atoms with E-state index in [1.54, 1.807) is 24.3 Å². The lowest BCUT2D eigenvalue weighted by molar-refractivity contribution is 0.0494. The highest BCUT2D eigenvalue weighted by Gasteiger charge is 2.17. The van der Waals surface area contributed by atoms with Gasteiger partial charge >= 0.3 is 5.97 Å². The Morgan fingerprint density at radius 3 is 2.71 bits per heavy atom. The first-order valence-corrected chi connectivity index (χ1v) is 8.23. The summed E-state index contributed by atoms with van der Waals surface area (Å²) in [6.45, 7) is 2.73. The predicted octanol–water partition coefficient (Wildman–Crippen LogP) is 3.05. The van der Waals surface area contributed by atoms with Gasteiger partial charge in [0.25, 0.3) is 5.56 Å². The Hall–Kier alpha value is -2.68. The molecular weight excluding hydrogens is 306 g/mol. The molecule has 6 nitrogen and oxygen atoms in total. The molecule has 2 rings (SSSR count). The molecule has 0 spiro atoms. The van der Waals surface area contributed by atoms with Crippen LogP contribution in [0.3, 0.4) is 0 Å². The second-order valence-corrected chi connectivity index (χ2v) is 5.53. The van der Waals surface area contributed by atoms with E-state index in [1.165, 1.54) is 4.68 Å². The van der Waals surface area contributed by atoms with Crippen molar-refractivity contribution in [3.63, 3.8) is 0 Å². The van der Waals surface area contributed by atoms with E-state index >= 15 is 0 Å². The van der Waals surface area contributed by atoms with Crippen molar-refractivity contribution in [2.45, 2.75) is 45.6 Å². The van der Waals surface area contributed by atoms with Crippen LogP contribution in [-0.4, -0.2) is 22.4 Å². The SMILES string of the molecule is CCCCCn1nc(C(=O)OCCCC#N)c2ccccc2c1=O. The number of unbranched alkanes of at least 4 members (excludes halogenated alkanes) is 3. The molecule has 0 fully saturated rings. The number of nitriles is 1. The molecule has 0 amide bonds. The van der Waals surface area contributed by atoms with Gasteiger partial charge < -0.3 is 4.74 Å². The molecule has 0 bridgehead atoms. The van der Waals surface area contributed by atoms with Crippen LogP contribution in [0.15, 0.2) is 29.1 Å². The molecule has 1 aromatic heterocycles. The van der Waals surface area contributed by atoms with E-state index in [1.807, 2.05) is 6.07 Å². The standard InChI is InChI=1S/C18H21N3O3/c1-2-3-7-12-21-17(22)15-10-5-4-9-14(15)16(20-21)18(23)24-13-8-6-11-19/h4-5,9-10H,2-3,6-8,12-13H2,1H3. The number of rotatable bonds is 8. The Balaban J connectivity index is 2.33. The highest BCUT2D eigenvalue weighted by molar-refractivity contribution is 6.02. The van der Waals surface area contributed by atoms with Gasteiger partial charge in [0.1, 0.15) is 0 Å². The molecule has 1 aromatic carbocycles. The van der Waals surface area contributed by atoms with Crippen LogP contribution < -0.4 is 5.56 Å². The number of esters is 1. The predicted molar refractivity (Wildman–Crippen MR) is 90.7 cm³/mol. The van der Waals surface area contributed by atoms with E-state index in [9.17, 15) is 9.59 Å². The van der Waals surface area contributed by atoms with Crippen LogP contribution in [0.1, 0.15) is 49.5 Å². The first-order chi connectivity index (χ1) is 11.7. The average Bonchev–Trinajstić information content (AvgIpc) is 2.61. The van der Waals surface area contributed by atoms with Crippen LogP contribution in [0.5, 0.6) is 0 Å². The van der Waals surface area contributed by atoms with E-state index in [-0.39, 0.29) is 17.9 Å². The number of fused-ring (bicyclic) bond motifs is 1. The summed E-state index contributed by atoms with van der Waals surface area (Å²) in [6, 6.07) is 8.93. The zero-order valence-electron chi connectivity index (χ0n) is 13.8. The third-order valence-electron chi connectivity index (χ3n) is 3.70. The van der Waals surface area contributed by atoms with Gasteiger partial charge in [0.15, 0.2) is 5.69 Å². The van der Waals surface area contributed by atoms with Gasteiger partial charge in [-0.3, -0.25) is 4.79 Å². The van der Waals surface area contributed by atoms with E-state index in [2.05, 4.69) is 12.0 Å². The second-order valence-electron chi connectivity index (χ2n) is 5.53. The molecule has 0 saturated carbocycles. The lowest BCUT2D eigenvalue weighted by Crippen LogP contribution is -2.26. The number of carbonyl (C=O) groups is 1. The molecule has 0 atom stereocenters. The summed E-state index contributed by atoms with van der Waals surface area (Å²) < 4.78 is 6.54. The molecule has 0 radical (unpaired) electrons. The van der Waals surface area contributed by atoms with Crippen molar-refractivity contribution < 1.29 is 9.53 Å². The molecule has 24 heavy (non-hydrogen) atoms. The van der Waals surface area contributed by atoms with Crippen molar-refractivity contribution in [1.29, 1.82) is 5.26 Å². The van der Waals surface area contributed by atoms with E-state index in [0.717, 1.165) is 19.3 Å². The van der Waals surface area contributed by atoms with Crippen molar-refractivity contribution >= 4 is 16.7 Å². The molecule has 0 aliphatic carbocycles. The Morgan fingerprint density at radius 2 is 2.00 bits per heavy atom. The van der Waals surface area contributed by atoms with Crippen LogP contribution in [0.2, 0.25) is 0 Å². The molecule has 2 aromatic rings. The molecular formula is C18H21N3O3. The number of aryl methyl sites for hydroxylation is 1.